The standard InChI is InChI=1S/C22H29N3O5S/c1-6-15(2)23-22(27)19-9-7-8-10-20(19)24-21(26)16(3)30-18-13-11-17(12-14-18)25(4)31(5,28)29/h7-16H,6H2,1-5H3,(H,23,27)(H,24,26)/t15-,16+/m0/s1. The van der Waals surface area contributed by atoms with Crippen LogP contribution >= 0.6 is 0 Å². The lowest BCUT2D eigenvalue weighted by Gasteiger charge is -2.19. The number of carbonyl (C=O) groups excluding carboxylic acids is 2. The van der Waals surface area contributed by atoms with Crippen LogP contribution in [0.15, 0.2) is 48.5 Å². The van der Waals surface area contributed by atoms with Crippen molar-refractivity contribution in [3.8, 4) is 5.75 Å². The molecule has 9 heteroatoms. The average molecular weight is 448 g/mol. The molecular formula is C22H29N3O5S. The van der Waals surface area contributed by atoms with Crippen LogP contribution in [-0.4, -0.2) is 45.7 Å². The molecule has 31 heavy (non-hydrogen) atoms. The Bertz CT molecular complexity index is 1020. The van der Waals surface area contributed by atoms with E-state index in [2.05, 4.69) is 10.6 Å². The highest BCUT2D eigenvalue weighted by molar-refractivity contribution is 7.92. The van der Waals surface area contributed by atoms with Crippen LogP contribution in [0.25, 0.3) is 0 Å². The van der Waals surface area contributed by atoms with Crippen molar-refractivity contribution in [3.63, 3.8) is 0 Å². The van der Waals surface area contributed by atoms with E-state index in [4.69, 9.17) is 4.74 Å². The fraction of sp³-hybridized carbons (Fsp3) is 0.364. The third kappa shape index (κ3) is 6.71. The second-order valence-corrected chi connectivity index (χ2v) is 9.32. The van der Waals surface area contributed by atoms with E-state index in [1.807, 2.05) is 13.8 Å². The van der Waals surface area contributed by atoms with Crippen LogP contribution in [0.2, 0.25) is 0 Å². The third-order valence-electron chi connectivity index (χ3n) is 4.80. The fourth-order valence-corrected chi connectivity index (χ4v) is 3.12. The smallest absolute Gasteiger partial charge is 0.265 e. The number of ether oxygens (including phenoxy) is 1. The van der Waals surface area contributed by atoms with Gasteiger partial charge in [-0.3, -0.25) is 13.9 Å². The second kappa shape index (κ2) is 10.3. The van der Waals surface area contributed by atoms with Gasteiger partial charge in [0.2, 0.25) is 10.0 Å². The molecule has 0 spiro atoms. The van der Waals surface area contributed by atoms with Gasteiger partial charge in [0.25, 0.3) is 11.8 Å². The molecule has 8 nitrogen and oxygen atoms in total. The van der Waals surface area contributed by atoms with Crippen molar-refractivity contribution in [3.05, 3.63) is 54.1 Å². The summed E-state index contributed by atoms with van der Waals surface area (Å²) in [5.41, 5.74) is 1.25. The Morgan fingerprint density at radius 3 is 2.26 bits per heavy atom. The number of hydrogen-bond donors (Lipinski definition) is 2. The van der Waals surface area contributed by atoms with E-state index in [0.717, 1.165) is 17.0 Å². The highest BCUT2D eigenvalue weighted by atomic mass is 32.2. The van der Waals surface area contributed by atoms with E-state index < -0.39 is 22.0 Å². The molecule has 0 saturated carbocycles. The summed E-state index contributed by atoms with van der Waals surface area (Å²) in [5.74, 6) is -0.262. The number of hydrogen-bond acceptors (Lipinski definition) is 5. The molecule has 0 saturated heterocycles. The zero-order chi connectivity index (χ0) is 23.2. The lowest BCUT2D eigenvalue weighted by atomic mass is 10.1. The first-order chi connectivity index (χ1) is 14.5. The van der Waals surface area contributed by atoms with Gasteiger partial charge in [-0.2, -0.15) is 0 Å². The molecule has 2 amide bonds. The van der Waals surface area contributed by atoms with Gasteiger partial charge < -0.3 is 15.4 Å². The van der Waals surface area contributed by atoms with Crippen molar-refractivity contribution in [2.45, 2.75) is 39.3 Å². The number of rotatable bonds is 9. The second-order valence-electron chi connectivity index (χ2n) is 7.30. The van der Waals surface area contributed by atoms with Gasteiger partial charge in [-0.25, -0.2) is 8.42 Å². The molecule has 0 aliphatic heterocycles. The molecule has 2 N–H and O–H groups in total. The summed E-state index contributed by atoms with van der Waals surface area (Å²) in [6.45, 7) is 5.48. The molecule has 0 unspecified atom stereocenters. The molecule has 2 rings (SSSR count). The van der Waals surface area contributed by atoms with Gasteiger partial charge in [-0.15, -0.1) is 0 Å². The SMILES string of the molecule is CC[C@H](C)NC(=O)c1ccccc1NC(=O)[C@@H](C)Oc1ccc(N(C)S(C)(=O)=O)cc1. The Morgan fingerprint density at radius 2 is 1.68 bits per heavy atom. The summed E-state index contributed by atoms with van der Waals surface area (Å²) in [7, 11) is -1.91. The van der Waals surface area contributed by atoms with Gasteiger partial charge in [0.05, 0.1) is 23.2 Å². The summed E-state index contributed by atoms with van der Waals surface area (Å²) >= 11 is 0. The molecule has 0 fully saturated rings. The average Bonchev–Trinajstić information content (AvgIpc) is 2.73. The van der Waals surface area contributed by atoms with Gasteiger partial charge in [0.1, 0.15) is 5.75 Å². The maximum Gasteiger partial charge on any atom is 0.265 e. The first-order valence-electron chi connectivity index (χ1n) is 9.94. The Labute approximate surface area is 183 Å². The van der Waals surface area contributed by atoms with Crippen LogP contribution in [0.5, 0.6) is 5.75 Å². The third-order valence-corrected chi connectivity index (χ3v) is 6.01. The minimum absolute atomic E-state index is 0.0169. The van der Waals surface area contributed by atoms with Gasteiger partial charge >= 0.3 is 0 Å². The zero-order valence-corrected chi connectivity index (χ0v) is 19.2. The number of amides is 2. The predicted molar refractivity (Wildman–Crippen MR) is 122 cm³/mol. The maximum atomic E-state index is 12.6. The van der Waals surface area contributed by atoms with Crippen molar-refractivity contribution in [2.75, 3.05) is 22.9 Å². The zero-order valence-electron chi connectivity index (χ0n) is 18.4. The largest absolute Gasteiger partial charge is 0.481 e. The quantitative estimate of drug-likeness (QED) is 0.615. The predicted octanol–water partition coefficient (Wildman–Crippen LogP) is 3.02. The van der Waals surface area contributed by atoms with Crippen molar-refractivity contribution in [1.82, 2.24) is 5.32 Å². The lowest BCUT2D eigenvalue weighted by Crippen LogP contribution is -2.34. The van der Waals surface area contributed by atoms with Crippen LogP contribution in [0.1, 0.15) is 37.6 Å². The van der Waals surface area contributed by atoms with E-state index in [0.29, 0.717) is 22.7 Å². The highest BCUT2D eigenvalue weighted by Crippen LogP contribution is 2.22. The summed E-state index contributed by atoms with van der Waals surface area (Å²) in [6, 6.07) is 13.2. The summed E-state index contributed by atoms with van der Waals surface area (Å²) in [6.07, 6.45) is 1.07. The minimum Gasteiger partial charge on any atom is -0.481 e. The maximum absolute atomic E-state index is 12.6. The van der Waals surface area contributed by atoms with Crippen LogP contribution in [0.3, 0.4) is 0 Å². The topological polar surface area (TPSA) is 105 Å². The van der Waals surface area contributed by atoms with Crippen LogP contribution < -0.4 is 19.7 Å². The molecule has 0 aliphatic carbocycles. The summed E-state index contributed by atoms with van der Waals surface area (Å²) in [5, 5.41) is 5.63. The number of nitrogens with zero attached hydrogens (tertiary/aromatic N) is 1. The first-order valence-corrected chi connectivity index (χ1v) is 11.8. The van der Waals surface area contributed by atoms with Crippen molar-refractivity contribution >= 4 is 33.2 Å². The lowest BCUT2D eigenvalue weighted by molar-refractivity contribution is -0.122. The van der Waals surface area contributed by atoms with Crippen molar-refractivity contribution in [1.29, 1.82) is 0 Å². The van der Waals surface area contributed by atoms with Gasteiger partial charge in [-0.1, -0.05) is 19.1 Å². The van der Waals surface area contributed by atoms with Crippen LogP contribution in [0.4, 0.5) is 11.4 Å². The first kappa shape index (κ1) is 24.2. The Balaban J connectivity index is 2.06. The van der Waals surface area contributed by atoms with E-state index in [-0.39, 0.29) is 11.9 Å². The molecular weight excluding hydrogens is 418 g/mol. The fourth-order valence-electron chi connectivity index (χ4n) is 2.61. The van der Waals surface area contributed by atoms with E-state index >= 15 is 0 Å². The highest BCUT2D eigenvalue weighted by Gasteiger charge is 2.19. The molecule has 0 bridgehead atoms. The Kier molecular flexibility index (Phi) is 8.04. The van der Waals surface area contributed by atoms with E-state index in [1.165, 1.54) is 7.05 Å². The molecule has 168 valence electrons. The molecule has 0 aromatic heterocycles. The van der Waals surface area contributed by atoms with Crippen LogP contribution in [0, 0.1) is 0 Å². The molecule has 0 heterocycles. The van der Waals surface area contributed by atoms with Gasteiger partial charge in [0.15, 0.2) is 6.10 Å². The number of sulfonamides is 1. The van der Waals surface area contributed by atoms with E-state index in [1.54, 1.807) is 55.5 Å². The molecule has 0 aliphatic rings. The Hall–Kier alpha value is -3.07. The number of benzene rings is 2. The minimum atomic E-state index is -3.36. The number of nitrogens with one attached hydrogen (secondary N) is 2. The van der Waals surface area contributed by atoms with Gasteiger partial charge in [0, 0.05) is 13.1 Å². The number of anilines is 2. The molecule has 0 radical (unpaired) electrons. The van der Waals surface area contributed by atoms with Crippen molar-refractivity contribution < 1.29 is 22.7 Å². The summed E-state index contributed by atoms with van der Waals surface area (Å²) in [4.78, 5) is 25.1. The van der Waals surface area contributed by atoms with Crippen molar-refractivity contribution in [2.24, 2.45) is 0 Å². The molecule has 2 aromatic rings. The van der Waals surface area contributed by atoms with E-state index in [9.17, 15) is 18.0 Å². The van der Waals surface area contributed by atoms with Gasteiger partial charge in [-0.05, 0) is 56.7 Å². The molecule has 2 aromatic carbocycles. The normalized spacial score (nSPS) is 13.1. The molecule has 2 atom stereocenters. The Morgan fingerprint density at radius 1 is 1.06 bits per heavy atom. The monoisotopic (exact) mass is 447 g/mol. The van der Waals surface area contributed by atoms with Crippen LogP contribution in [-0.2, 0) is 14.8 Å². The number of carbonyl (C=O) groups is 2. The number of para-hydroxylation sites is 1. The summed E-state index contributed by atoms with van der Waals surface area (Å²) < 4.78 is 30.1.